The van der Waals surface area contributed by atoms with Crippen molar-refractivity contribution >= 4 is 12.6 Å². The van der Waals surface area contributed by atoms with E-state index in [0.29, 0.717) is 0 Å². The molecule has 0 aromatic rings. The lowest BCUT2D eigenvalue weighted by Gasteiger charge is -2.23. The molecule has 0 aromatic heterocycles. The molecule has 1 aliphatic heterocycles. The molecule has 4 heteroatoms. The minimum atomic E-state index is 0.848. The lowest BCUT2D eigenvalue weighted by atomic mass is 10.1. The summed E-state index contributed by atoms with van der Waals surface area (Å²) in [6, 6.07) is 0. The van der Waals surface area contributed by atoms with Crippen LogP contribution >= 0.6 is 0 Å². The average Bonchev–Trinajstić information content (AvgIpc) is 2.72. The summed E-state index contributed by atoms with van der Waals surface area (Å²) in [6.07, 6.45) is 21.0. The van der Waals surface area contributed by atoms with E-state index in [2.05, 4.69) is 65.8 Å². The first-order valence-electron chi connectivity index (χ1n) is 10.9. The van der Waals surface area contributed by atoms with Crippen LogP contribution in [0.1, 0.15) is 59.3 Å². The van der Waals surface area contributed by atoms with Gasteiger partial charge in [0, 0.05) is 51.2 Å². The highest BCUT2D eigenvalue weighted by Gasteiger charge is 2.06. The van der Waals surface area contributed by atoms with Crippen LogP contribution in [0.3, 0.4) is 0 Å². The van der Waals surface area contributed by atoms with E-state index < -0.39 is 0 Å². The molecule has 0 aromatic carbocycles. The predicted octanol–water partition coefficient (Wildman–Crippen LogP) is 5.83. The Hall–Kier alpha value is -2.36. The number of nitrogens with zero attached hydrogens (tertiary/aromatic N) is 3. The molecule has 1 rings (SSSR count). The molecule has 0 radical (unpaired) electrons. The van der Waals surface area contributed by atoms with Crippen LogP contribution in [0.25, 0.3) is 0 Å². The third-order valence-electron chi connectivity index (χ3n) is 4.82. The molecule has 0 saturated carbocycles. The lowest BCUT2D eigenvalue weighted by molar-refractivity contribution is 0.351. The zero-order valence-electron chi connectivity index (χ0n) is 19.0. The Morgan fingerprint density at radius 3 is 2.59 bits per heavy atom. The number of piperidine rings is 1. The number of hydrogen-bond donors (Lipinski definition) is 1. The van der Waals surface area contributed by atoms with Crippen LogP contribution in [-0.2, 0) is 0 Å². The van der Waals surface area contributed by atoms with Crippen LogP contribution in [0.4, 0.5) is 0 Å². The van der Waals surface area contributed by atoms with Gasteiger partial charge in [-0.1, -0.05) is 37.8 Å². The number of likely N-dealkylation sites (tertiary alicyclic amines) is 1. The van der Waals surface area contributed by atoms with E-state index in [1.807, 2.05) is 31.9 Å². The molecule has 0 aliphatic carbocycles. The number of allylic oxidation sites excluding steroid dienone is 6. The summed E-state index contributed by atoms with van der Waals surface area (Å²) in [5.74, 6) is 0. The van der Waals surface area contributed by atoms with Gasteiger partial charge in [0.25, 0.3) is 0 Å². The Balaban J connectivity index is 2.70. The molecule has 0 unspecified atom stereocenters. The molecule has 29 heavy (non-hydrogen) atoms. The average molecular weight is 397 g/mol. The van der Waals surface area contributed by atoms with E-state index in [4.69, 9.17) is 0 Å². The van der Waals surface area contributed by atoms with Gasteiger partial charge < -0.3 is 10.2 Å². The fourth-order valence-corrected chi connectivity index (χ4v) is 3.23. The summed E-state index contributed by atoms with van der Waals surface area (Å²) in [6.45, 7) is 13.4. The van der Waals surface area contributed by atoms with E-state index in [-0.39, 0.29) is 0 Å². The summed E-state index contributed by atoms with van der Waals surface area (Å²) in [7, 11) is 1.81. The van der Waals surface area contributed by atoms with Crippen LogP contribution in [0.15, 0.2) is 69.5 Å². The summed E-state index contributed by atoms with van der Waals surface area (Å²) in [5, 5.41) is 3.62. The van der Waals surface area contributed by atoms with Gasteiger partial charge in [0.15, 0.2) is 0 Å². The molecule has 0 amide bonds. The third kappa shape index (κ3) is 11.3. The smallest absolute Gasteiger partial charge is 0.0904 e. The minimum absolute atomic E-state index is 0.848. The zero-order valence-corrected chi connectivity index (χ0v) is 19.0. The van der Waals surface area contributed by atoms with Crippen molar-refractivity contribution in [2.75, 3.05) is 26.7 Å². The summed E-state index contributed by atoms with van der Waals surface area (Å²) in [4.78, 5) is 11.0. The molecular formula is C25H40N4. The molecule has 1 heterocycles. The minimum Gasteiger partial charge on any atom is -0.387 e. The van der Waals surface area contributed by atoms with Crippen LogP contribution in [0, 0.1) is 0 Å². The van der Waals surface area contributed by atoms with Crippen LogP contribution < -0.4 is 5.32 Å². The third-order valence-corrected chi connectivity index (χ3v) is 4.82. The maximum atomic E-state index is 4.55. The molecule has 1 fully saturated rings. The topological polar surface area (TPSA) is 40.0 Å². The van der Waals surface area contributed by atoms with E-state index in [1.54, 1.807) is 0 Å². The van der Waals surface area contributed by atoms with Gasteiger partial charge in [-0.05, 0) is 62.7 Å². The molecule has 0 bridgehead atoms. The Morgan fingerprint density at radius 1 is 1.17 bits per heavy atom. The highest BCUT2D eigenvalue weighted by Crippen LogP contribution is 2.13. The molecule has 1 N–H and O–H groups in total. The van der Waals surface area contributed by atoms with Crippen LogP contribution in [0.2, 0.25) is 0 Å². The van der Waals surface area contributed by atoms with Crippen molar-refractivity contribution in [1.29, 1.82) is 0 Å². The maximum Gasteiger partial charge on any atom is 0.0904 e. The first-order valence-corrected chi connectivity index (χ1v) is 10.9. The first-order chi connectivity index (χ1) is 14.1. The van der Waals surface area contributed by atoms with E-state index >= 15 is 0 Å². The fraction of sp³-hybridized carbons (Fsp3) is 0.520. The Labute approximate surface area is 178 Å². The van der Waals surface area contributed by atoms with Crippen LogP contribution in [0.5, 0.6) is 0 Å². The number of aliphatic imine (C=N–C) groups is 2. The van der Waals surface area contributed by atoms with Crippen molar-refractivity contribution in [2.45, 2.75) is 59.3 Å². The SMILES string of the molecule is C=C/C=C(\C=C/CC)CCNC(C/C(C)=C/N=CN1CCCCC1)=C(C)C=NC. The van der Waals surface area contributed by atoms with Crippen molar-refractivity contribution in [1.82, 2.24) is 10.2 Å². The van der Waals surface area contributed by atoms with Gasteiger partial charge in [-0.3, -0.25) is 4.99 Å². The molecule has 0 atom stereocenters. The van der Waals surface area contributed by atoms with Gasteiger partial charge in [0.2, 0.25) is 0 Å². The molecule has 1 saturated heterocycles. The first kappa shape index (κ1) is 24.7. The highest BCUT2D eigenvalue weighted by molar-refractivity contribution is 5.78. The normalized spacial score (nSPS) is 17.4. The maximum absolute atomic E-state index is 4.55. The summed E-state index contributed by atoms with van der Waals surface area (Å²) in [5.41, 5.74) is 4.89. The molecular weight excluding hydrogens is 356 g/mol. The Morgan fingerprint density at radius 2 is 1.93 bits per heavy atom. The molecule has 1 aliphatic rings. The number of nitrogens with one attached hydrogen (secondary N) is 1. The second-order valence-electron chi connectivity index (χ2n) is 7.53. The largest absolute Gasteiger partial charge is 0.387 e. The second kappa shape index (κ2) is 15.5. The van der Waals surface area contributed by atoms with Crippen molar-refractivity contribution in [3.8, 4) is 0 Å². The van der Waals surface area contributed by atoms with Crippen molar-refractivity contribution in [3.05, 3.63) is 59.5 Å². The highest BCUT2D eigenvalue weighted by atomic mass is 15.1. The van der Waals surface area contributed by atoms with Crippen molar-refractivity contribution < 1.29 is 0 Å². The monoisotopic (exact) mass is 396 g/mol. The summed E-state index contributed by atoms with van der Waals surface area (Å²) >= 11 is 0. The predicted molar refractivity (Wildman–Crippen MR) is 130 cm³/mol. The Bertz CT molecular complexity index is 656. The Kier molecular flexibility index (Phi) is 13.2. The fourth-order valence-electron chi connectivity index (χ4n) is 3.23. The van der Waals surface area contributed by atoms with E-state index in [1.165, 1.54) is 41.7 Å². The quantitative estimate of drug-likeness (QED) is 0.256. The molecule has 160 valence electrons. The van der Waals surface area contributed by atoms with Gasteiger partial charge >= 0.3 is 0 Å². The van der Waals surface area contributed by atoms with E-state index in [9.17, 15) is 0 Å². The standard InChI is InChI=1S/C25H40N4/c1-6-8-13-24(12-7-2)14-15-28-25(23(4)20-26-5)18-22(3)19-27-21-29-16-10-9-11-17-29/h7-8,12-13,19-21,28H,2,6,9-11,14-18H2,1,3-5H3/b13-8-,22-19+,24-12+,25-23?,26-20?,27-21?. The van der Waals surface area contributed by atoms with Crippen LogP contribution in [-0.4, -0.2) is 44.1 Å². The van der Waals surface area contributed by atoms with Gasteiger partial charge in [0.05, 0.1) is 6.34 Å². The zero-order chi connectivity index (χ0) is 21.3. The number of rotatable bonds is 12. The number of hydrogen-bond acceptors (Lipinski definition) is 3. The molecule has 0 spiro atoms. The van der Waals surface area contributed by atoms with Gasteiger partial charge in [-0.15, -0.1) is 0 Å². The van der Waals surface area contributed by atoms with Gasteiger partial charge in [-0.25, -0.2) is 4.99 Å². The lowest BCUT2D eigenvalue weighted by Crippen LogP contribution is -2.27. The van der Waals surface area contributed by atoms with Crippen molar-refractivity contribution in [3.63, 3.8) is 0 Å². The second-order valence-corrected chi connectivity index (χ2v) is 7.53. The molecule has 4 nitrogen and oxygen atoms in total. The summed E-state index contributed by atoms with van der Waals surface area (Å²) < 4.78 is 0. The van der Waals surface area contributed by atoms with Gasteiger partial charge in [0.1, 0.15) is 0 Å². The van der Waals surface area contributed by atoms with Crippen molar-refractivity contribution in [2.24, 2.45) is 9.98 Å². The van der Waals surface area contributed by atoms with Gasteiger partial charge in [-0.2, -0.15) is 0 Å². The van der Waals surface area contributed by atoms with E-state index in [0.717, 1.165) is 38.9 Å².